The molecule has 3 nitrogen and oxygen atoms in total. The molecule has 162 valence electrons. The molecule has 4 aromatic rings. The Morgan fingerprint density at radius 1 is 0.906 bits per heavy atom. The van der Waals surface area contributed by atoms with Crippen molar-refractivity contribution >= 4 is 23.2 Å². The van der Waals surface area contributed by atoms with Crippen molar-refractivity contribution in [2.75, 3.05) is 5.32 Å². The van der Waals surface area contributed by atoms with E-state index in [-0.39, 0.29) is 5.69 Å². The van der Waals surface area contributed by atoms with Crippen molar-refractivity contribution < 1.29 is 18.0 Å². The number of para-hydroxylation sites is 1. The topological polar surface area (TPSA) is 34.0 Å². The first kappa shape index (κ1) is 21.7. The monoisotopic (exact) mass is 454 g/mol. The van der Waals surface area contributed by atoms with Gasteiger partial charge in [-0.25, -0.2) is 0 Å². The van der Waals surface area contributed by atoms with Crippen LogP contribution in [0.3, 0.4) is 0 Å². The minimum Gasteiger partial charge on any atom is -0.322 e. The molecule has 0 aliphatic rings. The highest BCUT2D eigenvalue weighted by atomic mass is 35.5. The second kappa shape index (κ2) is 8.55. The van der Waals surface area contributed by atoms with Crippen LogP contribution in [0.4, 0.5) is 18.9 Å². The first-order chi connectivity index (χ1) is 15.2. The molecule has 0 saturated carbocycles. The number of hydrogen-bond acceptors (Lipinski definition) is 1. The second-order valence-corrected chi connectivity index (χ2v) is 7.67. The van der Waals surface area contributed by atoms with Gasteiger partial charge >= 0.3 is 6.18 Å². The van der Waals surface area contributed by atoms with Gasteiger partial charge in [-0.15, -0.1) is 0 Å². The van der Waals surface area contributed by atoms with Crippen molar-refractivity contribution in [2.24, 2.45) is 0 Å². The van der Waals surface area contributed by atoms with Crippen molar-refractivity contribution in [2.45, 2.75) is 13.1 Å². The average molecular weight is 455 g/mol. The molecule has 0 aliphatic carbocycles. The Labute approximate surface area is 188 Å². The van der Waals surface area contributed by atoms with E-state index in [0.717, 1.165) is 29.1 Å². The lowest BCUT2D eigenvalue weighted by Gasteiger charge is -2.12. The van der Waals surface area contributed by atoms with Gasteiger partial charge in [0.1, 0.15) is 0 Å². The molecule has 0 bridgehead atoms. The third-order valence-electron chi connectivity index (χ3n) is 5.12. The quantitative estimate of drug-likeness (QED) is 0.343. The number of nitrogens with zero attached hydrogens (tertiary/aromatic N) is 1. The molecular weight excluding hydrogens is 437 g/mol. The summed E-state index contributed by atoms with van der Waals surface area (Å²) in [5.41, 5.74) is 3.17. The van der Waals surface area contributed by atoms with Gasteiger partial charge in [-0.2, -0.15) is 13.2 Å². The Bertz CT molecular complexity index is 1250. The molecule has 0 spiro atoms. The Morgan fingerprint density at radius 2 is 1.53 bits per heavy atom. The van der Waals surface area contributed by atoms with Crippen LogP contribution in [0.15, 0.2) is 84.9 Å². The van der Waals surface area contributed by atoms with Gasteiger partial charge in [-0.1, -0.05) is 41.9 Å². The molecule has 0 saturated heterocycles. The van der Waals surface area contributed by atoms with Crippen LogP contribution in [0.25, 0.3) is 16.9 Å². The van der Waals surface area contributed by atoms with E-state index in [0.29, 0.717) is 16.3 Å². The summed E-state index contributed by atoms with van der Waals surface area (Å²) in [7, 11) is 0. The van der Waals surface area contributed by atoms with Crippen molar-refractivity contribution in [1.82, 2.24) is 4.57 Å². The van der Waals surface area contributed by atoms with E-state index < -0.39 is 17.6 Å². The van der Waals surface area contributed by atoms with Crippen LogP contribution >= 0.6 is 11.6 Å². The highest BCUT2D eigenvalue weighted by molar-refractivity contribution is 6.30. The summed E-state index contributed by atoms with van der Waals surface area (Å²) in [4.78, 5) is 13.0. The number of rotatable bonds is 4. The van der Waals surface area contributed by atoms with Crippen LogP contribution in [-0.4, -0.2) is 10.5 Å². The fourth-order valence-electron chi connectivity index (χ4n) is 3.52. The summed E-state index contributed by atoms with van der Waals surface area (Å²) >= 11 is 6.03. The van der Waals surface area contributed by atoms with Crippen LogP contribution < -0.4 is 5.32 Å². The molecule has 0 atom stereocenters. The molecule has 0 radical (unpaired) electrons. The van der Waals surface area contributed by atoms with E-state index in [4.69, 9.17) is 11.6 Å². The largest absolute Gasteiger partial charge is 0.416 e. The Hall–Kier alpha value is -3.51. The lowest BCUT2D eigenvalue weighted by molar-refractivity contribution is -0.137. The molecule has 0 unspecified atom stereocenters. The third kappa shape index (κ3) is 4.41. The van der Waals surface area contributed by atoms with E-state index in [1.807, 2.05) is 54.0 Å². The number of benzene rings is 3. The van der Waals surface area contributed by atoms with Crippen LogP contribution in [0.2, 0.25) is 5.02 Å². The molecule has 1 amide bonds. The van der Waals surface area contributed by atoms with Crippen LogP contribution in [0, 0.1) is 6.92 Å². The standard InChI is InChI=1S/C25H18ClF3N2O/c1-16-22(24(32)30-20-13-9-18(10-14-20)25(27,28)29)15-23(17-7-11-19(26)12-8-17)31(16)21-5-3-2-4-6-21/h2-15H,1H3,(H,30,32). The predicted molar refractivity (Wildman–Crippen MR) is 120 cm³/mol. The summed E-state index contributed by atoms with van der Waals surface area (Å²) in [6, 6.07) is 23.0. The summed E-state index contributed by atoms with van der Waals surface area (Å²) in [5.74, 6) is -0.410. The van der Waals surface area contributed by atoms with E-state index in [2.05, 4.69) is 5.32 Å². The number of amides is 1. The number of carbonyl (C=O) groups is 1. The lowest BCUT2D eigenvalue weighted by atomic mass is 10.1. The molecule has 1 heterocycles. The number of anilines is 1. The average Bonchev–Trinajstić information content (AvgIpc) is 3.12. The smallest absolute Gasteiger partial charge is 0.322 e. The van der Waals surface area contributed by atoms with Gasteiger partial charge in [0.15, 0.2) is 0 Å². The van der Waals surface area contributed by atoms with Crippen molar-refractivity contribution in [1.29, 1.82) is 0 Å². The number of aromatic nitrogens is 1. The van der Waals surface area contributed by atoms with Gasteiger partial charge in [-0.3, -0.25) is 4.79 Å². The zero-order valence-corrected chi connectivity index (χ0v) is 17.7. The minimum atomic E-state index is -4.43. The molecule has 32 heavy (non-hydrogen) atoms. The normalized spacial score (nSPS) is 11.4. The Kier molecular flexibility index (Phi) is 5.80. The SMILES string of the molecule is Cc1c(C(=O)Nc2ccc(C(F)(F)F)cc2)cc(-c2ccc(Cl)cc2)n1-c1ccccc1. The summed E-state index contributed by atoms with van der Waals surface area (Å²) in [6.07, 6.45) is -4.43. The van der Waals surface area contributed by atoms with Crippen LogP contribution in [0.1, 0.15) is 21.6 Å². The fraction of sp³-hybridized carbons (Fsp3) is 0.0800. The van der Waals surface area contributed by atoms with E-state index in [9.17, 15) is 18.0 Å². The maximum Gasteiger partial charge on any atom is 0.416 e. The molecule has 0 fully saturated rings. The fourth-order valence-corrected chi connectivity index (χ4v) is 3.65. The summed E-state index contributed by atoms with van der Waals surface area (Å²) in [6.45, 7) is 1.83. The highest BCUT2D eigenvalue weighted by Crippen LogP contribution is 2.32. The van der Waals surface area contributed by atoms with Crippen molar-refractivity contribution in [3.05, 3.63) is 107 Å². The zero-order valence-electron chi connectivity index (χ0n) is 17.0. The maximum absolute atomic E-state index is 13.0. The third-order valence-corrected chi connectivity index (χ3v) is 5.37. The summed E-state index contributed by atoms with van der Waals surface area (Å²) in [5, 5.41) is 3.29. The van der Waals surface area contributed by atoms with Gasteiger partial charge in [0.05, 0.1) is 16.8 Å². The number of carbonyl (C=O) groups excluding carboxylic acids is 1. The number of halogens is 4. The van der Waals surface area contributed by atoms with E-state index >= 15 is 0 Å². The van der Waals surface area contributed by atoms with Gasteiger partial charge < -0.3 is 9.88 Å². The van der Waals surface area contributed by atoms with Crippen LogP contribution in [0.5, 0.6) is 0 Å². The molecule has 3 aromatic carbocycles. The molecule has 7 heteroatoms. The lowest BCUT2D eigenvalue weighted by Crippen LogP contribution is -2.13. The number of nitrogens with one attached hydrogen (secondary N) is 1. The number of hydrogen-bond donors (Lipinski definition) is 1. The predicted octanol–water partition coefficient (Wildman–Crippen LogP) is 7.38. The molecule has 4 rings (SSSR count). The second-order valence-electron chi connectivity index (χ2n) is 7.24. The van der Waals surface area contributed by atoms with Gasteiger partial charge in [0.2, 0.25) is 0 Å². The van der Waals surface area contributed by atoms with Crippen molar-refractivity contribution in [3.63, 3.8) is 0 Å². The first-order valence-corrected chi connectivity index (χ1v) is 10.1. The maximum atomic E-state index is 13.0. The highest BCUT2D eigenvalue weighted by Gasteiger charge is 2.30. The minimum absolute atomic E-state index is 0.280. The first-order valence-electron chi connectivity index (χ1n) is 9.76. The van der Waals surface area contributed by atoms with Crippen LogP contribution in [-0.2, 0) is 6.18 Å². The number of alkyl halides is 3. The summed E-state index contributed by atoms with van der Waals surface area (Å²) < 4.78 is 40.4. The van der Waals surface area contributed by atoms with E-state index in [1.54, 1.807) is 18.2 Å². The van der Waals surface area contributed by atoms with Gasteiger partial charge in [0, 0.05) is 22.1 Å². The Morgan fingerprint density at radius 3 is 2.12 bits per heavy atom. The van der Waals surface area contributed by atoms with E-state index in [1.165, 1.54) is 12.1 Å². The Balaban J connectivity index is 1.73. The van der Waals surface area contributed by atoms with Gasteiger partial charge in [-0.05, 0) is 67.1 Å². The molecule has 1 aromatic heterocycles. The molecule has 0 aliphatic heterocycles. The molecular formula is C25H18ClF3N2O. The zero-order chi connectivity index (χ0) is 22.9. The van der Waals surface area contributed by atoms with Gasteiger partial charge in [0.25, 0.3) is 5.91 Å². The van der Waals surface area contributed by atoms with Crippen molar-refractivity contribution in [3.8, 4) is 16.9 Å². The molecule has 1 N–H and O–H groups in total.